The molecular weight excluding hydrogens is 236 g/mol. The summed E-state index contributed by atoms with van der Waals surface area (Å²) in [5.41, 5.74) is 5.39. The van der Waals surface area contributed by atoms with E-state index in [0.29, 0.717) is 5.92 Å². The molecule has 1 unspecified atom stereocenters. The van der Waals surface area contributed by atoms with Crippen molar-refractivity contribution in [2.24, 2.45) is 5.92 Å². The van der Waals surface area contributed by atoms with E-state index in [1.165, 1.54) is 22.3 Å². The lowest BCUT2D eigenvalue weighted by Crippen LogP contribution is -2.01. The van der Waals surface area contributed by atoms with Gasteiger partial charge in [0, 0.05) is 0 Å². The van der Waals surface area contributed by atoms with Crippen molar-refractivity contribution in [1.29, 1.82) is 0 Å². The van der Waals surface area contributed by atoms with Gasteiger partial charge in [-0.1, -0.05) is 42.8 Å². The summed E-state index contributed by atoms with van der Waals surface area (Å²) in [6.07, 6.45) is 5.32. The second-order valence-electron chi connectivity index (χ2n) is 5.13. The van der Waals surface area contributed by atoms with Crippen molar-refractivity contribution >= 4 is 12.6 Å². The van der Waals surface area contributed by atoms with Crippen LogP contribution in [0.3, 0.4) is 0 Å². The standard InChI is InChI=1S/C17H24S/c1-6-12(2)9-17(18)15(5)11-16-8-7-13(3)14(4)10-16/h6-10,15,18H,11H2,1-5H3/b12-6-,17-9-. The molecule has 1 rings (SSSR count). The Morgan fingerprint density at radius 2 is 1.94 bits per heavy atom. The molecule has 0 aliphatic rings. The van der Waals surface area contributed by atoms with Crippen LogP contribution in [-0.2, 0) is 6.42 Å². The molecule has 0 saturated heterocycles. The van der Waals surface area contributed by atoms with E-state index in [2.05, 4.69) is 77.6 Å². The van der Waals surface area contributed by atoms with E-state index in [4.69, 9.17) is 0 Å². The highest BCUT2D eigenvalue weighted by Gasteiger charge is 2.07. The van der Waals surface area contributed by atoms with Gasteiger partial charge in [0.05, 0.1) is 0 Å². The van der Waals surface area contributed by atoms with Gasteiger partial charge in [0.15, 0.2) is 0 Å². The maximum Gasteiger partial charge on any atom is -0.00923 e. The second kappa shape index (κ2) is 6.84. The summed E-state index contributed by atoms with van der Waals surface area (Å²) >= 11 is 4.62. The SMILES string of the molecule is C/C=C(C)\C=C(/S)C(C)Cc1ccc(C)c(C)c1. The van der Waals surface area contributed by atoms with Gasteiger partial charge in [-0.15, -0.1) is 12.6 Å². The van der Waals surface area contributed by atoms with Gasteiger partial charge >= 0.3 is 0 Å². The van der Waals surface area contributed by atoms with E-state index in [-0.39, 0.29) is 0 Å². The monoisotopic (exact) mass is 260 g/mol. The van der Waals surface area contributed by atoms with E-state index in [9.17, 15) is 0 Å². The lowest BCUT2D eigenvalue weighted by atomic mass is 9.97. The minimum atomic E-state index is 0.463. The Bertz CT molecular complexity index is 466. The fourth-order valence-corrected chi connectivity index (χ4v) is 2.14. The zero-order valence-electron chi connectivity index (χ0n) is 12.1. The predicted octanol–water partition coefficient (Wildman–Crippen LogP) is 5.26. The highest BCUT2D eigenvalue weighted by molar-refractivity contribution is 7.84. The van der Waals surface area contributed by atoms with Crippen LogP contribution in [0.1, 0.15) is 37.5 Å². The third-order valence-electron chi connectivity index (χ3n) is 3.45. The first-order valence-electron chi connectivity index (χ1n) is 6.53. The molecule has 0 fully saturated rings. The number of aryl methyl sites for hydroxylation is 2. The smallest absolute Gasteiger partial charge is 0.00923 e. The largest absolute Gasteiger partial charge is 0.148 e. The van der Waals surface area contributed by atoms with Crippen LogP contribution >= 0.6 is 12.6 Å². The van der Waals surface area contributed by atoms with Gasteiger partial charge in [-0.05, 0) is 61.6 Å². The molecule has 1 atom stereocenters. The number of benzene rings is 1. The summed E-state index contributed by atoms with van der Waals surface area (Å²) in [5.74, 6) is 0.463. The quantitative estimate of drug-likeness (QED) is 0.554. The van der Waals surface area contributed by atoms with Gasteiger partial charge in [-0.3, -0.25) is 0 Å². The molecule has 0 spiro atoms. The molecule has 0 radical (unpaired) electrons. The Kier molecular flexibility index (Phi) is 5.74. The fraction of sp³-hybridized carbons (Fsp3) is 0.412. The van der Waals surface area contributed by atoms with Crippen molar-refractivity contribution in [3.63, 3.8) is 0 Å². The first kappa shape index (κ1) is 15.1. The fourth-order valence-electron chi connectivity index (χ4n) is 1.85. The third kappa shape index (κ3) is 4.38. The molecule has 0 saturated carbocycles. The highest BCUT2D eigenvalue weighted by atomic mass is 32.1. The number of hydrogen-bond acceptors (Lipinski definition) is 1. The summed E-state index contributed by atoms with van der Waals surface area (Å²) in [5, 5.41) is 0. The Balaban J connectivity index is 2.78. The van der Waals surface area contributed by atoms with Crippen molar-refractivity contribution < 1.29 is 0 Å². The van der Waals surface area contributed by atoms with Gasteiger partial charge in [0.2, 0.25) is 0 Å². The van der Waals surface area contributed by atoms with Crippen molar-refractivity contribution in [3.05, 3.63) is 57.5 Å². The van der Waals surface area contributed by atoms with E-state index in [1.54, 1.807) is 0 Å². The van der Waals surface area contributed by atoms with Crippen molar-refractivity contribution in [2.75, 3.05) is 0 Å². The van der Waals surface area contributed by atoms with E-state index in [1.807, 2.05) is 0 Å². The first-order chi connectivity index (χ1) is 8.43. The average molecular weight is 260 g/mol. The number of allylic oxidation sites excluding steroid dienone is 4. The normalized spacial score (nSPS) is 14.8. The van der Waals surface area contributed by atoms with Gasteiger partial charge in [0.25, 0.3) is 0 Å². The van der Waals surface area contributed by atoms with Crippen LogP contribution < -0.4 is 0 Å². The molecule has 0 heterocycles. The van der Waals surface area contributed by atoms with Crippen LogP contribution in [0.5, 0.6) is 0 Å². The van der Waals surface area contributed by atoms with Crippen molar-refractivity contribution in [3.8, 4) is 0 Å². The zero-order chi connectivity index (χ0) is 13.7. The lowest BCUT2D eigenvalue weighted by molar-refractivity contribution is 0.712. The maximum absolute atomic E-state index is 4.62. The van der Waals surface area contributed by atoms with Gasteiger partial charge in [0.1, 0.15) is 0 Å². The van der Waals surface area contributed by atoms with E-state index in [0.717, 1.165) is 11.3 Å². The average Bonchev–Trinajstić information content (AvgIpc) is 2.33. The predicted molar refractivity (Wildman–Crippen MR) is 85.3 cm³/mol. The molecule has 98 valence electrons. The summed E-state index contributed by atoms with van der Waals surface area (Å²) in [6, 6.07) is 6.72. The Morgan fingerprint density at radius 1 is 1.28 bits per heavy atom. The minimum absolute atomic E-state index is 0.463. The first-order valence-corrected chi connectivity index (χ1v) is 6.98. The number of rotatable bonds is 4. The number of hydrogen-bond donors (Lipinski definition) is 1. The highest BCUT2D eigenvalue weighted by Crippen LogP contribution is 2.22. The third-order valence-corrected chi connectivity index (χ3v) is 4.02. The van der Waals surface area contributed by atoms with Crippen LogP contribution in [-0.4, -0.2) is 0 Å². The van der Waals surface area contributed by atoms with Crippen molar-refractivity contribution in [1.82, 2.24) is 0 Å². The molecule has 18 heavy (non-hydrogen) atoms. The summed E-state index contributed by atoms with van der Waals surface area (Å²) in [4.78, 5) is 1.16. The molecule has 0 aliphatic carbocycles. The number of thiol groups is 1. The van der Waals surface area contributed by atoms with Crippen LogP contribution in [0.25, 0.3) is 0 Å². The second-order valence-corrected chi connectivity index (χ2v) is 5.64. The van der Waals surface area contributed by atoms with Crippen molar-refractivity contribution in [2.45, 2.75) is 41.0 Å². The van der Waals surface area contributed by atoms with Crippen LogP contribution in [0, 0.1) is 19.8 Å². The van der Waals surface area contributed by atoms with E-state index >= 15 is 0 Å². The molecule has 0 aromatic heterocycles. The molecule has 0 amide bonds. The minimum Gasteiger partial charge on any atom is -0.148 e. The van der Waals surface area contributed by atoms with Gasteiger partial charge < -0.3 is 0 Å². The zero-order valence-corrected chi connectivity index (χ0v) is 13.0. The Hall–Kier alpha value is -0.950. The maximum atomic E-state index is 4.62. The summed E-state index contributed by atoms with van der Waals surface area (Å²) < 4.78 is 0. The Labute approximate surface area is 117 Å². The lowest BCUT2D eigenvalue weighted by Gasteiger charge is -2.13. The molecule has 0 nitrogen and oxygen atoms in total. The molecule has 1 aromatic rings. The Morgan fingerprint density at radius 3 is 2.50 bits per heavy atom. The molecule has 0 N–H and O–H groups in total. The topological polar surface area (TPSA) is 0 Å². The summed E-state index contributed by atoms with van der Waals surface area (Å²) in [7, 11) is 0. The molecule has 0 aliphatic heterocycles. The molecule has 1 heteroatoms. The molecular formula is C17H24S. The van der Waals surface area contributed by atoms with E-state index < -0.39 is 0 Å². The van der Waals surface area contributed by atoms with Crippen LogP contribution in [0.15, 0.2) is 40.8 Å². The molecule has 0 bridgehead atoms. The van der Waals surface area contributed by atoms with Gasteiger partial charge in [-0.25, -0.2) is 0 Å². The van der Waals surface area contributed by atoms with Crippen LogP contribution in [0.2, 0.25) is 0 Å². The van der Waals surface area contributed by atoms with Crippen LogP contribution in [0.4, 0.5) is 0 Å². The van der Waals surface area contributed by atoms with Gasteiger partial charge in [-0.2, -0.15) is 0 Å². The summed E-state index contributed by atoms with van der Waals surface area (Å²) in [6.45, 7) is 10.7. The molecule has 1 aromatic carbocycles.